The van der Waals surface area contributed by atoms with Crippen LogP contribution in [0.5, 0.6) is 0 Å². The van der Waals surface area contributed by atoms with Crippen molar-refractivity contribution in [2.45, 2.75) is 32.2 Å². The van der Waals surface area contributed by atoms with Crippen LogP contribution in [0.1, 0.15) is 37.8 Å². The van der Waals surface area contributed by atoms with E-state index in [1.54, 1.807) is 24.0 Å². The third-order valence-electron chi connectivity index (χ3n) is 4.04. The molecule has 0 aromatic heterocycles. The molecule has 0 spiro atoms. The van der Waals surface area contributed by atoms with Gasteiger partial charge in [-0.25, -0.2) is 0 Å². The van der Waals surface area contributed by atoms with Crippen molar-refractivity contribution in [1.82, 2.24) is 9.80 Å². The smallest absolute Gasteiger partial charge is 0.323 e. The number of aliphatic carboxylic acids is 1. The van der Waals surface area contributed by atoms with E-state index in [1.807, 2.05) is 18.2 Å². The van der Waals surface area contributed by atoms with Crippen LogP contribution in [0.15, 0.2) is 30.3 Å². The van der Waals surface area contributed by atoms with E-state index in [2.05, 4.69) is 0 Å². The lowest BCUT2D eigenvalue weighted by atomic mass is 10.00. The number of benzene rings is 1. The number of rotatable bonds is 6. The molecule has 1 unspecified atom stereocenters. The SMILES string of the molecule is CCN(CC(=O)O)C(=O)C(c1ccccc1)N1CCCCC1=O. The first-order chi connectivity index (χ1) is 11.0. The van der Waals surface area contributed by atoms with E-state index < -0.39 is 12.0 Å². The topological polar surface area (TPSA) is 77.9 Å². The van der Waals surface area contributed by atoms with Crippen molar-refractivity contribution in [3.63, 3.8) is 0 Å². The van der Waals surface area contributed by atoms with E-state index in [-0.39, 0.29) is 24.9 Å². The van der Waals surface area contributed by atoms with Crippen LogP contribution in [0, 0.1) is 0 Å². The summed E-state index contributed by atoms with van der Waals surface area (Å²) in [5.41, 5.74) is 0.719. The van der Waals surface area contributed by atoms with E-state index in [1.165, 1.54) is 4.90 Å². The molecule has 1 aromatic carbocycles. The number of nitrogens with zero attached hydrogens (tertiary/aromatic N) is 2. The quantitative estimate of drug-likeness (QED) is 0.865. The normalized spacial score (nSPS) is 16.0. The van der Waals surface area contributed by atoms with Crippen molar-refractivity contribution >= 4 is 17.8 Å². The third kappa shape index (κ3) is 4.09. The van der Waals surface area contributed by atoms with Crippen LogP contribution in [0.3, 0.4) is 0 Å². The highest BCUT2D eigenvalue weighted by molar-refractivity contribution is 5.90. The number of carboxylic acids is 1. The minimum atomic E-state index is -1.06. The molecule has 0 bridgehead atoms. The van der Waals surface area contributed by atoms with Gasteiger partial charge in [-0.3, -0.25) is 14.4 Å². The fraction of sp³-hybridized carbons (Fsp3) is 0.471. The zero-order valence-corrected chi connectivity index (χ0v) is 13.3. The molecule has 1 heterocycles. The standard InChI is InChI=1S/C17H22N2O4/c1-2-18(12-15(21)22)17(23)16(13-8-4-3-5-9-13)19-11-7-6-10-14(19)20/h3-5,8-9,16H,2,6-7,10-12H2,1H3,(H,21,22). The number of piperidine rings is 1. The van der Waals surface area contributed by atoms with E-state index in [0.29, 0.717) is 13.0 Å². The molecule has 2 rings (SSSR count). The maximum absolute atomic E-state index is 12.9. The number of likely N-dealkylation sites (N-methyl/N-ethyl adjacent to an activating group) is 1. The van der Waals surface area contributed by atoms with Crippen LogP contribution in [0.2, 0.25) is 0 Å². The summed E-state index contributed by atoms with van der Waals surface area (Å²) in [6.45, 7) is 2.19. The molecule has 1 fully saturated rings. The van der Waals surface area contributed by atoms with Gasteiger partial charge in [-0.2, -0.15) is 0 Å². The summed E-state index contributed by atoms with van der Waals surface area (Å²) in [7, 11) is 0. The van der Waals surface area contributed by atoms with Crippen LogP contribution in [-0.2, 0) is 14.4 Å². The average Bonchev–Trinajstić information content (AvgIpc) is 2.55. The van der Waals surface area contributed by atoms with Crippen molar-refractivity contribution in [2.24, 2.45) is 0 Å². The lowest BCUT2D eigenvalue weighted by molar-refractivity contribution is -0.151. The number of carboxylic acid groups (broad SMARTS) is 1. The number of carbonyl (C=O) groups excluding carboxylic acids is 2. The molecule has 1 atom stereocenters. The van der Waals surface area contributed by atoms with Crippen LogP contribution in [0.4, 0.5) is 0 Å². The third-order valence-corrected chi connectivity index (χ3v) is 4.04. The van der Waals surface area contributed by atoms with Gasteiger partial charge >= 0.3 is 5.97 Å². The Morgan fingerprint density at radius 1 is 1.26 bits per heavy atom. The molecule has 1 aromatic rings. The van der Waals surface area contributed by atoms with Crippen molar-refractivity contribution < 1.29 is 19.5 Å². The van der Waals surface area contributed by atoms with E-state index in [9.17, 15) is 14.4 Å². The molecule has 1 N–H and O–H groups in total. The minimum absolute atomic E-state index is 0.0511. The molecule has 2 amide bonds. The van der Waals surface area contributed by atoms with E-state index >= 15 is 0 Å². The van der Waals surface area contributed by atoms with Crippen molar-refractivity contribution in [3.05, 3.63) is 35.9 Å². The summed E-state index contributed by atoms with van der Waals surface area (Å²) in [6, 6.07) is 8.34. The lowest BCUT2D eigenvalue weighted by Crippen LogP contribution is -2.48. The number of likely N-dealkylation sites (tertiary alicyclic amines) is 1. The molecular weight excluding hydrogens is 296 g/mol. The molecule has 0 saturated carbocycles. The maximum atomic E-state index is 12.9. The molecule has 124 valence electrons. The second-order valence-corrected chi connectivity index (χ2v) is 5.60. The Kier molecular flexibility index (Phi) is 5.73. The lowest BCUT2D eigenvalue weighted by Gasteiger charge is -2.36. The summed E-state index contributed by atoms with van der Waals surface area (Å²) in [4.78, 5) is 39.1. The fourth-order valence-corrected chi connectivity index (χ4v) is 2.87. The highest BCUT2D eigenvalue weighted by Gasteiger charge is 2.35. The van der Waals surface area contributed by atoms with Crippen LogP contribution in [-0.4, -0.2) is 52.3 Å². The maximum Gasteiger partial charge on any atom is 0.323 e. The second kappa shape index (κ2) is 7.76. The van der Waals surface area contributed by atoms with Gasteiger partial charge in [-0.15, -0.1) is 0 Å². The highest BCUT2D eigenvalue weighted by atomic mass is 16.4. The van der Waals surface area contributed by atoms with Gasteiger partial charge in [-0.05, 0) is 25.3 Å². The Hall–Kier alpha value is -2.37. The van der Waals surface area contributed by atoms with Crippen molar-refractivity contribution in [2.75, 3.05) is 19.6 Å². The van der Waals surface area contributed by atoms with Crippen molar-refractivity contribution in [3.8, 4) is 0 Å². The van der Waals surface area contributed by atoms with Gasteiger partial charge < -0.3 is 14.9 Å². The van der Waals surface area contributed by atoms with Gasteiger partial charge in [0.25, 0.3) is 5.91 Å². The van der Waals surface area contributed by atoms with E-state index in [0.717, 1.165) is 18.4 Å². The monoisotopic (exact) mass is 318 g/mol. The summed E-state index contributed by atoms with van der Waals surface area (Å²) in [5, 5.41) is 9.00. The summed E-state index contributed by atoms with van der Waals surface area (Å²) in [6.07, 6.45) is 2.12. The van der Waals surface area contributed by atoms with Gasteiger partial charge in [0, 0.05) is 19.5 Å². The number of amides is 2. The molecule has 0 radical (unpaired) electrons. The molecule has 1 saturated heterocycles. The Morgan fingerprint density at radius 3 is 2.52 bits per heavy atom. The molecule has 23 heavy (non-hydrogen) atoms. The van der Waals surface area contributed by atoms with Gasteiger partial charge in [-0.1, -0.05) is 30.3 Å². The Morgan fingerprint density at radius 2 is 1.96 bits per heavy atom. The van der Waals surface area contributed by atoms with Gasteiger partial charge in [0.15, 0.2) is 0 Å². The molecule has 1 aliphatic heterocycles. The number of hydrogen-bond donors (Lipinski definition) is 1. The van der Waals surface area contributed by atoms with Gasteiger partial charge in [0.05, 0.1) is 0 Å². The highest BCUT2D eigenvalue weighted by Crippen LogP contribution is 2.27. The van der Waals surface area contributed by atoms with Crippen LogP contribution >= 0.6 is 0 Å². The first-order valence-corrected chi connectivity index (χ1v) is 7.89. The Bertz CT molecular complexity index is 573. The predicted octanol–water partition coefficient (Wildman–Crippen LogP) is 1.67. The molecule has 0 aliphatic carbocycles. The summed E-state index contributed by atoms with van der Waals surface area (Å²) in [5.74, 6) is -1.45. The molecular formula is C17H22N2O4. The zero-order chi connectivity index (χ0) is 16.8. The second-order valence-electron chi connectivity index (χ2n) is 5.60. The first kappa shape index (κ1) is 17.0. The predicted molar refractivity (Wildman–Crippen MR) is 84.6 cm³/mol. The molecule has 6 heteroatoms. The Labute approximate surface area is 135 Å². The molecule has 6 nitrogen and oxygen atoms in total. The van der Waals surface area contributed by atoms with Gasteiger partial charge in [0.1, 0.15) is 12.6 Å². The van der Waals surface area contributed by atoms with Crippen molar-refractivity contribution in [1.29, 1.82) is 0 Å². The number of carbonyl (C=O) groups is 3. The average molecular weight is 318 g/mol. The minimum Gasteiger partial charge on any atom is -0.480 e. The number of hydrogen-bond acceptors (Lipinski definition) is 3. The fourth-order valence-electron chi connectivity index (χ4n) is 2.87. The summed E-state index contributed by atoms with van der Waals surface area (Å²) >= 11 is 0. The Balaban J connectivity index is 2.34. The van der Waals surface area contributed by atoms with Crippen LogP contribution < -0.4 is 0 Å². The van der Waals surface area contributed by atoms with Gasteiger partial charge in [0.2, 0.25) is 5.91 Å². The zero-order valence-electron chi connectivity index (χ0n) is 13.3. The van der Waals surface area contributed by atoms with E-state index in [4.69, 9.17) is 5.11 Å². The largest absolute Gasteiger partial charge is 0.480 e. The van der Waals surface area contributed by atoms with Crippen LogP contribution in [0.25, 0.3) is 0 Å². The summed E-state index contributed by atoms with van der Waals surface area (Å²) < 4.78 is 0. The first-order valence-electron chi connectivity index (χ1n) is 7.89. The molecule has 1 aliphatic rings.